The van der Waals surface area contributed by atoms with E-state index in [1.165, 1.54) is 18.2 Å². The molecule has 1 aromatic carbocycles. The van der Waals surface area contributed by atoms with E-state index in [9.17, 15) is 31.5 Å². The van der Waals surface area contributed by atoms with Crippen molar-refractivity contribution < 1.29 is 31.5 Å². The van der Waals surface area contributed by atoms with Gasteiger partial charge in [-0.15, -0.1) is 0 Å². The zero-order valence-electron chi connectivity index (χ0n) is 9.40. The lowest BCUT2D eigenvalue weighted by molar-refractivity contribution is -0.268. The molecule has 0 N–H and O–H groups in total. The van der Waals surface area contributed by atoms with Gasteiger partial charge < -0.3 is 0 Å². The Morgan fingerprint density at radius 3 is 1.80 bits per heavy atom. The van der Waals surface area contributed by atoms with Gasteiger partial charge in [-0.3, -0.25) is 9.59 Å². The molecule has 0 unspecified atom stereocenters. The van der Waals surface area contributed by atoms with Crippen LogP contribution in [-0.4, -0.2) is 23.7 Å². The zero-order valence-corrected chi connectivity index (χ0v) is 12.6. The summed E-state index contributed by atoms with van der Waals surface area (Å²) in [5.41, 5.74) is -0.155. The molecule has 0 aliphatic heterocycles. The van der Waals surface area contributed by atoms with Crippen molar-refractivity contribution in [3.05, 3.63) is 32.7 Å². The molecule has 110 valence electrons. The molecule has 1 aromatic rings. The van der Waals surface area contributed by atoms with Crippen LogP contribution in [0.5, 0.6) is 0 Å². The lowest BCUT2D eigenvalue weighted by Crippen LogP contribution is -2.44. The molecule has 9 heteroatoms. The summed E-state index contributed by atoms with van der Waals surface area (Å²) in [7, 11) is 0. The molecule has 0 heterocycles. The molecule has 0 aliphatic carbocycles. The van der Waals surface area contributed by atoms with E-state index in [0.29, 0.717) is 8.95 Å². The van der Waals surface area contributed by atoms with Crippen LogP contribution in [0.4, 0.5) is 22.0 Å². The van der Waals surface area contributed by atoms with Crippen LogP contribution in [0, 0.1) is 0 Å². The van der Waals surface area contributed by atoms with Gasteiger partial charge in [0.15, 0.2) is 5.78 Å². The Labute approximate surface area is 126 Å². The molecular formula is C11H5Br2F5O2. The van der Waals surface area contributed by atoms with Gasteiger partial charge in [0.05, 0.1) is 6.42 Å². The topological polar surface area (TPSA) is 34.1 Å². The van der Waals surface area contributed by atoms with Gasteiger partial charge in [-0.1, -0.05) is 31.9 Å². The maximum Gasteiger partial charge on any atom is 0.461 e. The number of alkyl halides is 5. The first-order chi connectivity index (χ1) is 8.95. The van der Waals surface area contributed by atoms with E-state index >= 15 is 0 Å². The summed E-state index contributed by atoms with van der Waals surface area (Å²) in [5, 5.41) is 0. The number of rotatable bonds is 4. The van der Waals surface area contributed by atoms with E-state index in [1.807, 2.05) is 0 Å². The van der Waals surface area contributed by atoms with Crippen molar-refractivity contribution in [3.63, 3.8) is 0 Å². The highest BCUT2D eigenvalue weighted by Gasteiger charge is 2.62. The molecule has 0 radical (unpaired) electrons. The van der Waals surface area contributed by atoms with E-state index in [4.69, 9.17) is 0 Å². The minimum absolute atomic E-state index is 0.155. The monoisotopic (exact) mass is 422 g/mol. The molecule has 0 spiro atoms. The van der Waals surface area contributed by atoms with E-state index in [2.05, 4.69) is 31.9 Å². The molecule has 0 aromatic heterocycles. The maximum atomic E-state index is 12.7. The fourth-order valence-corrected chi connectivity index (χ4v) is 2.53. The molecule has 0 amide bonds. The lowest BCUT2D eigenvalue weighted by Gasteiger charge is -2.17. The van der Waals surface area contributed by atoms with Crippen LogP contribution in [0.2, 0.25) is 0 Å². The second-order valence-electron chi connectivity index (χ2n) is 3.75. The highest BCUT2D eigenvalue weighted by Crippen LogP contribution is 2.37. The van der Waals surface area contributed by atoms with Crippen LogP contribution in [0.3, 0.4) is 0 Å². The van der Waals surface area contributed by atoms with E-state index < -0.39 is 30.1 Å². The molecule has 0 saturated heterocycles. The second-order valence-corrected chi connectivity index (χ2v) is 5.58. The van der Waals surface area contributed by atoms with Gasteiger partial charge in [0.25, 0.3) is 0 Å². The minimum Gasteiger partial charge on any atom is -0.294 e. The fourth-order valence-electron chi connectivity index (χ4n) is 1.23. The van der Waals surface area contributed by atoms with Gasteiger partial charge in [0.2, 0.25) is 5.78 Å². The highest BCUT2D eigenvalue weighted by molar-refractivity contribution is 9.11. The lowest BCUT2D eigenvalue weighted by atomic mass is 10.0. The molecule has 20 heavy (non-hydrogen) atoms. The van der Waals surface area contributed by atoms with Crippen molar-refractivity contribution in [2.45, 2.75) is 18.5 Å². The van der Waals surface area contributed by atoms with E-state index in [0.717, 1.165) is 0 Å². The molecule has 0 bridgehead atoms. The first kappa shape index (κ1) is 17.2. The average molecular weight is 424 g/mol. The SMILES string of the molecule is O=C(CC(=O)C(F)(F)C(F)(F)F)c1cc(Br)cc(Br)c1. The molecular weight excluding hydrogens is 419 g/mol. The van der Waals surface area contributed by atoms with E-state index in [1.54, 1.807) is 0 Å². The van der Waals surface area contributed by atoms with Crippen LogP contribution in [-0.2, 0) is 4.79 Å². The van der Waals surface area contributed by atoms with Gasteiger partial charge in [-0.2, -0.15) is 22.0 Å². The van der Waals surface area contributed by atoms with Crippen LogP contribution < -0.4 is 0 Å². The standard InChI is InChI=1S/C11H5Br2F5O2/c12-6-1-5(2-7(13)3-6)8(19)4-9(20)10(14,15)11(16,17)18/h1-3H,4H2. The van der Waals surface area contributed by atoms with Gasteiger partial charge >= 0.3 is 12.1 Å². The summed E-state index contributed by atoms with van der Waals surface area (Å²) in [6.45, 7) is 0. The summed E-state index contributed by atoms with van der Waals surface area (Å²) in [6.07, 6.45) is -7.54. The zero-order chi connectivity index (χ0) is 15.7. The van der Waals surface area contributed by atoms with Gasteiger partial charge in [0, 0.05) is 14.5 Å². The first-order valence-electron chi connectivity index (χ1n) is 4.92. The van der Waals surface area contributed by atoms with Gasteiger partial charge in [-0.05, 0) is 18.2 Å². The van der Waals surface area contributed by atoms with Crippen LogP contribution in [0.25, 0.3) is 0 Å². The van der Waals surface area contributed by atoms with Crippen LogP contribution in [0.1, 0.15) is 16.8 Å². The van der Waals surface area contributed by atoms with Crippen molar-refractivity contribution in [2.75, 3.05) is 0 Å². The number of ketones is 2. The van der Waals surface area contributed by atoms with Crippen LogP contribution in [0.15, 0.2) is 27.1 Å². The fraction of sp³-hybridized carbons (Fsp3) is 0.273. The number of hydrogen-bond donors (Lipinski definition) is 0. The Balaban J connectivity index is 2.94. The summed E-state index contributed by atoms with van der Waals surface area (Å²) >= 11 is 6.05. The number of Topliss-reactive ketones (excluding diaryl/α,β-unsaturated/α-hetero) is 2. The number of carbonyl (C=O) groups excluding carboxylic acids is 2. The number of benzene rings is 1. The third-order valence-corrected chi connectivity index (χ3v) is 3.13. The predicted octanol–water partition coefficient (Wildman–Crippen LogP) is 4.55. The maximum absolute atomic E-state index is 12.7. The van der Waals surface area contributed by atoms with Crippen molar-refractivity contribution >= 4 is 43.4 Å². The number of halogens is 7. The highest BCUT2D eigenvalue weighted by atomic mass is 79.9. The Morgan fingerprint density at radius 1 is 0.950 bits per heavy atom. The third-order valence-electron chi connectivity index (χ3n) is 2.21. The summed E-state index contributed by atoms with van der Waals surface area (Å²) in [6, 6.07) is 3.96. The Kier molecular flexibility index (Phi) is 5.07. The first-order valence-corrected chi connectivity index (χ1v) is 6.51. The summed E-state index contributed by atoms with van der Waals surface area (Å²) in [5.74, 6) is -9.14. The normalized spacial score (nSPS) is 12.3. The van der Waals surface area contributed by atoms with Crippen molar-refractivity contribution in [1.82, 2.24) is 0 Å². The molecule has 0 atom stereocenters. The Bertz CT molecular complexity index is 534. The summed E-state index contributed by atoms with van der Waals surface area (Å²) < 4.78 is 62.1. The molecule has 2 nitrogen and oxygen atoms in total. The van der Waals surface area contributed by atoms with Crippen molar-refractivity contribution in [3.8, 4) is 0 Å². The van der Waals surface area contributed by atoms with Crippen LogP contribution >= 0.6 is 31.9 Å². The average Bonchev–Trinajstić information content (AvgIpc) is 2.25. The second kappa shape index (κ2) is 5.88. The molecule has 0 fully saturated rings. The minimum atomic E-state index is -6.01. The third kappa shape index (κ3) is 3.85. The number of carbonyl (C=O) groups is 2. The largest absolute Gasteiger partial charge is 0.461 e. The Hall–Kier alpha value is -0.830. The molecule has 0 aliphatic rings. The predicted molar refractivity (Wildman–Crippen MR) is 66.8 cm³/mol. The van der Waals surface area contributed by atoms with E-state index in [-0.39, 0.29) is 5.56 Å². The van der Waals surface area contributed by atoms with Crippen molar-refractivity contribution in [2.24, 2.45) is 0 Å². The van der Waals surface area contributed by atoms with Gasteiger partial charge in [0.1, 0.15) is 0 Å². The molecule has 0 saturated carbocycles. The van der Waals surface area contributed by atoms with Crippen molar-refractivity contribution in [1.29, 1.82) is 0 Å². The quantitative estimate of drug-likeness (QED) is 0.404. The summed E-state index contributed by atoms with van der Waals surface area (Å²) in [4.78, 5) is 22.5. The smallest absolute Gasteiger partial charge is 0.294 e. The number of hydrogen-bond acceptors (Lipinski definition) is 2. The molecule has 1 rings (SSSR count). The Morgan fingerprint density at radius 2 is 1.40 bits per heavy atom. The van der Waals surface area contributed by atoms with Gasteiger partial charge in [-0.25, -0.2) is 0 Å².